The van der Waals surface area contributed by atoms with Crippen molar-refractivity contribution in [3.8, 4) is 11.5 Å². The second kappa shape index (κ2) is 8.53. The molecule has 0 fully saturated rings. The first kappa shape index (κ1) is 18.8. The topological polar surface area (TPSA) is 48.0 Å². The molecule has 0 aliphatic rings. The monoisotopic (exact) mass is 343 g/mol. The zero-order chi connectivity index (χ0) is 18.4. The van der Waals surface area contributed by atoms with Crippen LogP contribution in [0.1, 0.15) is 28.9 Å². The predicted octanol–water partition coefficient (Wildman–Crippen LogP) is 3.55. The summed E-state index contributed by atoms with van der Waals surface area (Å²) in [5.74, 6) is 0.665. The van der Waals surface area contributed by atoms with Gasteiger partial charge in [-0.1, -0.05) is 30.3 Å². The summed E-state index contributed by atoms with van der Waals surface area (Å²) in [6, 6.07) is 14.8. The molecule has 2 rings (SSSR count). The normalized spacial score (nSPS) is 13.2. The molecule has 0 radical (unpaired) electrons. The number of ether oxygens (including phenoxy) is 3. The fourth-order valence-corrected chi connectivity index (χ4v) is 2.51. The van der Waals surface area contributed by atoms with Crippen LogP contribution in [0.4, 0.5) is 0 Å². The average molecular weight is 343 g/mol. The van der Waals surface area contributed by atoms with Gasteiger partial charge in [-0.25, -0.2) is 4.79 Å². The summed E-state index contributed by atoms with van der Waals surface area (Å²) in [7, 11) is 7.02. The minimum absolute atomic E-state index is 0.0199. The molecule has 0 heterocycles. The summed E-state index contributed by atoms with van der Waals surface area (Å²) < 4.78 is 16.3. The van der Waals surface area contributed by atoms with Crippen molar-refractivity contribution in [2.45, 2.75) is 19.1 Å². The molecule has 25 heavy (non-hydrogen) atoms. The van der Waals surface area contributed by atoms with E-state index in [0.717, 1.165) is 5.56 Å². The van der Waals surface area contributed by atoms with Gasteiger partial charge in [-0.15, -0.1) is 0 Å². The molecule has 134 valence electrons. The van der Waals surface area contributed by atoms with Gasteiger partial charge in [-0.3, -0.25) is 0 Å². The van der Waals surface area contributed by atoms with Crippen molar-refractivity contribution >= 4 is 5.97 Å². The second-order valence-corrected chi connectivity index (χ2v) is 6.01. The number of methoxy groups -OCH3 is 2. The largest absolute Gasteiger partial charge is 0.493 e. The first-order valence-electron chi connectivity index (χ1n) is 8.12. The molecule has 2 unspecified atom stereocenters. The SMILES string of the molecule is COc1ccc(C(=O)OC(c2ccccc2)C(C)N(C)C)cc1OC. The molecule has 0 aliphatic heterocycles. The molecule has 0 amide bonds. The van der Waals surface area contributed by atoms with E-state index in [1.54, 1.807) is 25.3 Å². The van der Waals surface area contributed by atoms with Crippen LogP contribution in [0.3, 0.4) is 0 Å². The molecule has 2 aromatic rings. The molecule has 0 N–H and O–H groups in total. The lowest BCUT2D eigenvalue weighted by Crippen LogP contribution is -2.33. The Balaban J connectivity index is 2.28. The Hall–Kier alpha value is -2.53. The minimum atomic E-state index is -0.400. The second-order valence-electron chi connectivity index (χ2n) is 6.01. The summed E-state index contributed by atoms with van der Waals surface area (Å²) in [6.07, 6.45) is -0.378. The highest BCUT2D eigenvalue weighted by molar-refractivity contribution is 5.90. The molecular formula is C20H25NO4. The highest BCUT2D eigenvalue weighted by Gasteiger charge is 2.26. The van der Waals surface area contributed by atoms with Crippen molar-refractivity contribution in [2.24, 2.45) is 0 Å². The van der Waals surface area contributed by atoms with E-state index in [4.69, 9.17) is 14.2 Å². The number of hydrogen-bond acceptors (Lipinski definition) is 5. The van der Waals surface area contributed by atoms with Gasteiger partial charge in [0.05, 0.1) is 19.8 Å². The van der Waals surface area contributed by atoms with Crippen LogP contribution in [0.2, 0.25) is 0 Å². The zero-order valence-electron chi connectivity index (χ0n) is 15.4. The lowest BCUT2D eigenvalue weighted by Gasteiger charge is -2.29. The third kappa shape index (κ3) is 4.51. The van der Waals surface area contributed by atoms with Gasteiger partial charge in [-0.05, 0) is 44.8 Å². The number of rotatable bonds is 7. The van der Waals surface area contributed by atoms with Gasteiger partial charge in [-0.2, -0.15) is 0 Å². The first-order chi connectivity index (χ1) is 12.0. The molecule has 2 atom stereocenters. The molecule has 0 bridgehead atoms. The standard InChI is InChI=1S/C20H25NO4/c1-14(21(2)3)19(15-9-7-6-8-10-15)25-20(22)16-11-12-17(23-4)18(13-16)24-5/h6-14,19H,1-5H3. The van der Waals surface area contributed by atoms with Gasteiger partial charge in [0.2, 0.25) is 0 Å². The van der Waals surface area contributed by atoms with Crippen molar-refractivity contribution in [1.29, 1.82) is 0 Å². The van der Waals surface area contributed by atoms with Crippen LogP contribution in [-0.4, -0.2) is 45.2 Å². The van der Waals surface area contributed by atoms with Crippen LogP contribution < -0.4 is 9.47 Å². The van der Waals surface area contributed by atoms with E-state index >= 15 is 0 Å². The third-order valence-electron chi connectivity index (χ3n) is 4.23. The van der Waals surface area contributed by atoms with Crippen LogP contribution in [0.15, 0.2) is 48.5 Å². The van der Waals surface area contributed by atoms with E-state index < -0.39 is 5.97 Å². The lowest BCUT2D eigenvalue weighted by atomic mass is 10.0. The van der Waals surface area contributed by atoms with Gasteiger partial charge in [0.15, 0.2) is 11.5 Å². The van der Waals surface area contributed by atoms with Gasteiger partial charge >= 0.3 is 5.97 Å². The highest BCUT2D eigenvalue weighted by atomic mass is 16.5. The van der Waals surface area contributed by atoms with Crippen molar-refractivity contribution < 1.29 is 19.0 Å². The fraction of sp³-hybridized carbons (Fsp3) is 0.350. The number of esters is 1. The van der Waals surface area contributed by atoms with Crippen LogP contribution >= 0.6 is 0 Å². The maximum absolute atomic E-state index is 12.7. The number of carbonyl (C=O) groups is 1. The quantitative estimate of drug-likeness (QED) is 0.720. The number of carbonyl (C=O) groups excluding carboxylic acids is 1. The van der Waals surface area contributed by atoms with Crippen molar-refractivity contribution in [1.82, 2.24) is 4.90 Å². The van der Waals surface area contributed by atoms with Crippen LogP contribution in [0.25, 0.3) is 0 Å². The minimum Gasteiger partial charge on any atom is -0.493 e. The zero-order valence-corrected chi connectivity index (χ0v) is 15.4. The lowest BCUT2D eigenvalue weighted by molar-refractivity contribution is 0.00882. The van der Waals surface area contributed by atoms with Crippen LogP contribution in [0.5, 0.6) is 11.5 Å². The van der Waals surface area contributed by atoms with Crippen molar-refractivity contribution in [3.63, 3.8) is 0 Å². The van der Waals surface area contributed by atoms with E-state index in [2.05, 4.69) is 0 Å². The number of nitrogens with zero attached hydrogens (tertiary/aromatic N) is 1. The summed E-state index contributed by atoms with van der Waals surface area (Å²) in [4.78, 5) is 14.7. The van der Waals surface area contributed by atoms with Crippen LogP contribution in [0, 0.1) is 0 Å². The Morgan fingerprint density at radius 3 is 2.16 bits per heavy atom. The molecule has 0 spiro atoms. The molecule has 0 aliphatic carbocycles. The van der Waals surface area contributed by atoms with E-state index in [9.17, 15) is 4.79 Å². The number of benzene rings is 2. The average Bonchev–Trinajstić information content (AvgIpc) is 2.65. The number of hydrogen-bond donors (Lipinski definition) is 0. The molecular weight excluding hydrogens is 318 g/mol. The molecule has 5 heteroatoms. The summed E-state index contributed by atoms with van der Waals surface area (Å²) in [5.41, 5.74) is 1.38. The van der Waals surface area contributed by atoms with Gasteiger partial charge in [0, 0.05) is 6.04 Å². The van der Waals surface area contributed by atoms with Crippen LogP contribution in [-0.2, 0) is 4.74 Å². The number of likely N-dealkylation sites (N-methyl/N-ethyl adjacent to an activating group) is 1. The molecule has 0 saturated heterocycles. The van der Waals surface area contributed by atoms with E-state index in [-0.39, 0.29) is 12.1 Å². The van der Waals surface area contributed by atoms with Crippen molar-refractivity contribution in [3.05, 3.63) is 59.7 Å². The molecule has 0 saturated carbocycles. The summed E-state index contributed by atoms with van der Waals surface area (Å²) in [6.45, 7) is 2.03. The Kier molecular flexibility index (Phi) is 6.42. The summed E-state index contributed by atoms with van der Waals surface area (Å²) in [5, 5.41) is 0. The smallest absolute Gasteiger partial charge is 0.338 e. The maximum atomic E-state index is 12.7. The van der Waals surface area contributed by atoms with Gasteiger partial charge in [0.25, 0.3) is 0 Å². The van der Waals surface area contributed by atoms with Crippen molar-refractivity contribution in [2.75, 3.05) is 28.3 Å². The molecule has 2 aromatic carbocycles. The summed E-state index contributed by atoms with van der Waals surface area (Å²) >= 11 is 0. The third-order valence-corrected chi connectivity index (χ3v) is 4.23. The van der Waals surface area contributed by atoms with Gasteiger partial charge in [0.1, 0.15) is 6.10 Å². The maximum Gasteiger partial charge on any atom is 0.338 e. The molecule has 0 aromatic heterocycles. The Bertz CT molecular complexity index is 700. The van der Waals surface area contributed by atoms with E-state index in [1.807, 2.05) is 56.3 Å². The Morgan fingerprint density at radius 2 is 1.60 bits per heavy atom. The first-order valence-corrected chi connectivity index (χ1v) is 8.12. The van der Waals surface area contributed by atoms with E-state index in [1.165, 1.54) is 7.11 Å². The molecule has 5 nitrogen and oxygen atoms in total. The van der Waals surface area contributed by atoms with Gasteiger partial charge < -0.3 is 19.1 Å². The Morgan fingerprint density at radius 1 is 0.960 bits per heavy atom. The van der Waals surface area contributed by atoms with E-state index in [0.29, 0.717) is 17.1 Å². The Labute approximate surface area is 149 Å². The predicted molar refractivity (Wildman–Crippen MR) is 97.3 cm³/mol. The fourth-order valence-electron chi connectivity index (χ4n) is 2.51. The highest BCUT2D eigenvalue weighted by Crippen LogP contribution is 2.30.